The summed E-state index contributed by atoms with van der Waals surface area (Å²) in [7, 11) is -3.78. The van der Waals surface area contributed by atoms with E-state index in [0.29, 0.717) is 15.7 Å². The van der Waals surface area contributed by atoms with Gasteiger partial charge in [0.15, 0.2) is 5.01 Å². The van der Waals surface area contributed by atoms with Gasteiger partial charge in [-0.2, -0.15) is 0 Å². The minimum atomic E-state index is -3.78. The Balaban J connectivity index is 1.71. The molecule has 6 nitrogen and oxygen atoms in total. The quantitative estimate of drug-likeness (QED) is 0.551. The third-order valence-corrected chi connectivity index (χ3v) is 7.61. The lowest BCUT2D eigenvalue weighted by Crippen LogP contribution is -2.36. The zero-order chi connectivity index (χ0) is 22.0. The fourth-order valence-corrected chi connectivity index (χ4v) is 5.34. The van der Waals surface area contributed by atoms with Crippen LogP contribution in [-0.4, -0.2) is 25.4 Å². The van der Waals surface area contributed by atoms with Crippen LogP contribution >= 0.6 is 22.9 Å². The van der Waals surface area contributed by atoms with Crippen LogP contribution < -0.4 is 10.5 Å². The SMILES string of the molecule is NS(=O)(=O)c1ccc(-c2sc(C(=O)NC3CCCCC3)nc2-c2ccc(Cl)cc2)cc1. The Kier molecular flexibility index (Phi) is 6.43. The van der Waals surface area contributed by atoms with Crippen molar-refractivity contribution in [3.05, 3.63) is 58.6 Å². The standard InChI is InChI=1S/C22H22ClN3O3S2/c23-16-10-6-14(7-11-16)19-20(15-8-12-18(13-9-15)31(24,28)29)30-22(26-19)21(27)25-17-4-2-1-3-5-17/h6-13,17H,1-5H2,(H,25,27)(H2,24,28,29). The van der Waals surface area contributed by atoms with E-state index in [9.17, 15) is 13.2 Å². The van der Waals surface area contributed by atoms with Gasteiger partial charge in [0.25, 0.3) is 5.91 Å². The van der Waals surface area contributed by atoms with E-state index < -0.39 is 10.0 Å². The Bertz CT molecular complexity index is 1180. The zero-order valence-corrected chi connectivity index (χ0v) is 19.1. The molecule has 0 atom stereocenters. The molecule has 4 rings (SSSR count). The molecule has 1 heterocycles. The fraction of sp³-hybridized carbons (Fsp3) is 0.273. The molecule has 2 aromatic carbocycles. The molecule has 3 aromatic rings. The number of amides is 1. The van der Waals surface area contributed by atoms with E-state index >= 15 is 0 Å². The van der Waals surface area contributed by atoms with Gasteiger partial charge in [0.1, 0.15) is 0 Å². The summed E-state index contributed by atoms with van der Waals surface area (Å²) >= 11 is 7.31. The molecule has 1 saturated carbocycles. The van der Waals surface area contributed by atoms with Gasteiger partial charge < -0.3 is 5.32 Å². The van der Waals surface area contributed by atoms with Gasteiger partial charge in [0, 0.05) is 16.6 Å². The number of primary sulfonamides is 1. The summed E-state index contributed by atoms with van der Waals surface area (Å²) in [6.45, 7) is 0. The maximum absolute atomic E-state index is 12.9. The van der Waals surface area contributed by atoms with Gasteiger partial charge in [-0.25, -0.2) is 18.5 Å². The summed E-state index contributed by atoms with van der Waals surface area (Å²) in [6.07, 6.45) is 5.44. The minimum absolute atomic E-state index is 0.0315. The molecular weight excluding hydrogens is 454 g/mol. The van der Waals surface area contributed by atoms with Gasteiger partial charge in [-0.15, -0.1) is 11.3 Å². The van der Waals surface area contributed by atoms with Crippen molar-refractivity contribution in [3.8, 4) is 21.7 Å². The lowest BCUT2D eigenvalue weighted by molar-refractivity contribution is 0.0927. The predicted molar refractivity (Wildman–Crippen MR) is 124 cm³/mol. The summed E-state index contributed by atoms with van der Waals surface area (Å²) < 4.78 is 23.2. The van der Waals surface area contributed by atoms with Crippen molar-refractivity contribution in [3.63, 3.8) is 0 Å². The van der Waals surface area contributed by atoms with Crippen molar-refractivity contribution < 1.29 is 13.2 Å². The lowest BCUT2D eigenvalue weighted by Gasteiger charge is -2.22. The first-order chi connectivity index (χ1) is 14.8. The van der Waals surface area contributed by atoms with Gasteiger partial charge in [0.2, 0.25) is 10.0 Å². The second-order valence-corrected chi connectivity index (χ2v) is 10.6. The summed E-state index contributed by atoms with van der Waals surface area (Å²) in [6, 6.07) is 13.7. The van der Waals surface area contributed by atoms with Crippen molar-refractivity contribution in [2.24, 2.45) is 5.14 Å². The largest absolute Gasteiger partial charge is 0.347 e. The molecule has 3 N–H and O–H groups in total. The lowest BCUT2D eigenvalue weighted by atomic mass is 9.95. The molecule has 9 heteroatoms. The molecule has 0 unspecified atom stereocenters. The monoisotopic (exact) mass is 475 g/mol. The van der Waals surface area contributed by atoms with Gasteiger partial charge in [-0.1, -0.05) is 55.1 Å². The molecule has 162 valence electrons. The Morgan fingerprint density at radius 1 is 1.00 bits per heavy atom. The molecule has 1 aliphatic rings. The average molecular weight is 476 g/mol. The van der Waals surface area contributed by atoms with E-state index in [2.05, 4.69) is 10.3 Å². The first-order valence-corrected chi connectivity index (χ1v) is 12.8. The van der Waals surface area contributed by atoms with Crippen LogP contribution in [0.25, 0.3) is 21.7 Å². The first kappa shape index (κ1) is 22.0. The van der Waals surface area contributed by atoms with Crippen molar-refractivity contribution >= 4 is 38.9 Å². The molecule has 1 aliphatic carbocycles. The van der Waals surface area contributed by atoms with E-state index in [1.165, 1.54) is 29.9 Å². The molecule has 0 radical (unpaired) electrons. The number of nitrogens with one attached hydrogen (secondary N) is 1. The first-order valence-electron chi connectivity index (χ1n) is 10.0. The number of carbonyl (C=O) groups is 1. The third-order valence-electron chi connectivity index (χ3n) is 5.32. The van der Waals surface area contributed by atoms with Crippen LogP contribution in [0.1, 0.15) is 41.9 Å². The highest BCUT2D eigenvalue weighted by molar-refractivity contribution is 7.89. The van der Waals surface area contributed by atoms with Crippen LogP contribution in [-0.2, 0) is 10.0 Å². The van der Waals surface area contributed by atoms with E-state index in [1.54, 1.807) is 24.3 Å². The number of hydrogen-bond donors (Lipinski definition) is 2. The van der Waals surface area contributed by atoms with Crippen molar-refractivity contribution in [2.45, 2.75) is 43.0 Å². The van der Waals surface area contributed by atoms with Crippen LogP contribution in [0.5, 0.6) is 0 Å². The Hall–Kier alpha value is -2.26. The number of sulfonamides is 1. The highest BCUT2D eigenvalue weighted by Crippen LogP contribution is 2.37. The van der Waals surface area contributed by atoms with E-state index in [1.807, 2.05) is 12.1 Å². The molecule has 1 fully saturated rings. The van der Waals surface area contributed by atoms with Crippen LogP contribution in [0.15, 0.2) is 53.4 Å². The predicted octanol–water partition coefficient (Wildman–Crippen LogP) is 4.84. The summed E-state index contributed by atoms with van der Waals surface area (Å²) in [5.74, 6) is -0.181. The number of hydrogen-bond acceptors (Lipinski definition) is 5. The second kappa shape index (κ2) is 9.08. The van der Waals surface area contributed by atoms with Crippen LogP contribution in [0.4, 0.5) is 0 Å². The van der Waals surface area contributed by atoms with Gasteiger partial charge in [-0.3, -0.25) is 4.79 Å². The maximum atomic E-state index is 12.9. The van der Waals surface area contributed by atoms with Crippen molar-refractivity contribution in [2.75, 3.05) is 0 Å². The number of carbonyl (C=O) groups excluding carboxylic acids is 1. The number of benzene rings is 2. The number of halogens is 1. The van der Waals surface area contributed by atoms with Crippen LogP contribution in [0.2, 0.25) is 5.02 Å². The van der Waals surface area contributed by atoms with Gasteiger partial charge in [-0.05, 0) is 42.7 Å². The summed E-state index contributed by atoms with van der Waals surface area (Å²) in [4.78, 5) is 18.4. The Morgan fingerprint density at radius 3 is 2.23 bits per heavy atom. The topological polar surface area (TPSA) is 102 Å². The molecule has 0 bridgehead atoms. The number of aromatic nitrogens is 1. The second-order valence-electron chi connectivity index (χ2n) is 7.58. The summed E-state index contributed by atoms with van der Waals surface area (Å²) in [5, 5.41) is 9.30. The number of nitrogens with zero attached hydrogens (tertiary/aromatic N) is 1. The maximum Gasteiger partial charge on any atom is 0.280 e. The Morgan fingerprint density at radius 2 is 1.61 bits per heavy atom. The van der Waals surface area contributed by atoms with E-state index in [-0.39, 0.29) is 16.8 Å². The minimum Gasteiger partial charge on any atom is -0.347 e. The third kappa shape index (κ3) is 5.15. The number of rotatable bonds is 5. The molecule has 0 saturated heterocycles. The van der Waals surface area contributed by atoms with Crippen LogP contribution in [0.3, 0.4) is 0 Å². The van der Waals surface area contributed by atoms with Gasteiger partial charge >= 0.3 is 0 Å². The van der Waals surface area contributed by atoms with Crippen LogP contribution in [0, 0.1) is 0 Å². The van der Waals surface area contributed by atoms with Crippen molar-refractivity contribution in [1.82, 2.24) is 10.3 Å². The Labute approximate surface area is 190 Å². The zero-order valence-electron chi connectivity index (χ0n) is 16.7. The van der Waals surface area contributed by atoms with Crippen molar-refractivity contribution in [1.29, 1.82) is 0 Å². The van der Waals surface area contributed by atoms with E-state index in [4.69, 9.17) is 16.7 Å². The highest BCUT2D eigenvalue weighted by atomic mass is 35.5. The van der Waals surface area contributed by atoms with E-state index in [0.717, 1.165) is 41.7 Å². The normalized spacial score (nSPS) is 15.0. The molecule has 0 spiro atoms. The van der Waals surface area contributed by atoms with Gasteiger partial charge in [0.05, 0.1) is 15.5 Å². The molecule has 1 amide bonds. The molecule has 0 aliphatic heterocycles. The number of nitrogens with two attached hydrogens (primary N) is 1. The smallest absolute Gasteiger partial charge is 0.280 e. The fourth-order valence-electron chi connectivity index (χ4n) is 3.71. The number of thiazole rings is 1. The molecule has 1 aromatic heterocycles. The average Bonchev–Trinajstić information content (AvgIpc) is 3.20. The summed E-state index contributed by atoms with van der Waals surface area (Å²) in [5.41, 5.74) is 2.23. The molecule has 31 heavy (non-hydrogen) atoms. The highest BCUT2D eigenvalue weighted by Gasteiger charge is 2.22. The molecular formula is C22H22ClN3O3S2.